The topological polar surface area (TPSA) is 61.9 Å². The van der Waals surface area contributed by atoms with E-state index in [4.69, 9.17) is 11.6 Å². The molecule has 1 amide bonds. The maximum absolute atomic E-state index is 13.2. The Morgan fingerprint density at radius 2 is 2.00 bits per heavy atom. The molecule has 5 nitrogen and oxygen atoms in total. The number of hydrogen-bond acceptors (Lipinski definition) is 3. The molecule has 0 spiro atoms. The zero-order valence-electron chi connectivity index (χ0n) is 15.3. The molecular weight excluding hydrogens is 452 g/mol. The summed E-state index contributed by atoms with van der Waals surface area (Å²) < 4.78 is 0.949. The first-order valence-electron chi connectivity index (χ1n) is 9.23. The van der Waals surface area contributed by atoms with Crippen molar-refractivity contribution >= 4 is 44.5 Å². The fraction of sp³-hybridized carbons (Fsp3) is 0.136. The second kappa shape index (κ2) is 7.28. The number of fused-ring (bicyclic) bond motifs is 2. The van der Waals surface area contributed by atoms with Crippen LogP contribution in [-0.4, -0.2) is 25.8 Å². The second-order valence-corrected chi connectivity index (χ2v) is 8.26. The van der Waals surface area contributed by atoms with Gasteiger partial charge in [0.25, 0.3) is 5.91 Å². The zero-order valence-corrected chi connectivity index (χ0v) is 17.6. The molecule has 1 atom stereocenters. The molecule has 0 aliphatic carbocycles. The van der Waals surface area contributed by atoms with Crippen LogP contribution in [-0.2, 0) is 13.0 Å². The number of amides is 1. The molecule has 29 heavy (non-hydrogen) atoms. The molecule has 2 aromatic carbocycles. The van der Waals surface area contributed by atoms with Crippen LogP contribution in [0.3, 0.4) is 0 Å². The molecule has 3 heterocycles. The van der Waals surface area contributed by atoms with Crippen LogP contribution in [0.1, 0.15) is 33.2 Å². The minimum atomic E-state index is -0.0778. The van der Waals surface area contributed by atoms with Crippen molar-refractivity contribution in [2.45, 2.75) is 19.0 Å². The van der Waals surface area contributed by atoms with E-state index in [1.165, 1.54) is 0 Å². The predicted molar refractivity (Wildman–Crippen MR) is 116 cm³/mol. The van der Waals surface area contributed by atoms with Crippen molar-refractivity contribution < 1.29 is 4.79 Å². The van der Waals surface area contributed by atoms with Gasteiger partial charge in [0.15, 0.2) is 0 Å². The largest absolute Gasteiger partial charge is 0.329 e. The first-order chi connectivity index (χ1) is 14.1. The summed E-state index contributed by atoms with van der Waals surface area (Å²) >= 11 is 9.56. The predicted octanol–water partition coefficient (Wildman–Crippen LogP) is 5.31. The number of hydrogen-bond donors (Lipinski definition) is 1. The van der Waals surface area contributed by atoms with Crippen LogP contribution in [0.15, 0.2) is 65.3 Å². The highest BCUT2D eigenvalue weighted by atomic mass is 79.9. The standard InChI is InChI=1S/C22H16BrClN4O/c23-16-6-3-9-25-18(16)11-20-14-4-1-2-5-15(14)21(29)28(20)12-13-7-8-17-19(10-13)27-22(24)26-17/h1-10,20H,11-12H2,(H,26,27). The number of aromatic amines is 1. The minimum absolute atomic E-state index is 0.0420. The Hall–Kier alpha value is -2.70. The van der Waals surface area contributed by atoms with Gasteiger partial charge in [-0.3, -0.25) is 9.78 Å². The SMILES string of the molecule is O=C1c2ccccc2C(Cc2ncccc2Br)N1Cc1ccc2nc(Cl)[nH]c2c1. The maximum Gasteiger partial charge on any atom is 0.255 e. The first-order valence-corrected chi connectivity index (χ1v) is 10.4. The van der Waals surface area contributed by atoms with E-state index in [0.717, 1.165) is 37.9 Å². The molecule has 0 radical (unpaired) electrons. The Labute approximate surface area is 180 Å². The first kappa shape index (κ1) is 18.3. The summed E-state index contributed by atoms with van der Waals surface area (Å²) in [6, 6.07) is 17.5. The lowest BCUT2D eigenvalue weighted by atomic mass is 10.0. The summed E-state index contributed by atoms with van der Waals surface area (Å²) in [5.74, 6) is 0.0420. The van der Waals surface area contributed by atoms with Crippen molar-refractivity contribution in [3.05, 3.63) is 92.9 Å². The van der Waals surface area contributed by atoms with Crippen LogP contribution < -0.4 is 0 Å². The number of nitrogens with zero attached hydrogens (tertiary/aromatic N) is 3. The summed E-state index contributed by atoms with van der Waals surface area (Å²) in [5.41, 5.74) is 5.42. The molecule has 144 valence electrons. The zero-order chi connectivity index (χ0) is 20.0. The monoisotopic (exact) mass is 466 g/mol. The molecule has 1 N–H and O–H groups in total. The van der Waals surface area contributed by atoms with Crippen molar-refractivity contribution in [3.8, 4) is 0 Å². The smallest absolute Gasteiger partial charge is 0.255 e. The highest BCUT2D eigenvalue weighted by Gasteiger charge is 2.36. The third-order valence-corrected chi connectivity index (χ3v) is 6.18. The van der Waals surface area contributed by atoms with Gasteiger partial charge >= 0.3 is 0 Å². The van der Waals surface area contributed by atoms with Gasteiger partial charge in [-0.2, -0.15) is 0 Å². The van der Waals surface area contributed by atoms with Crippen LogP contribution in [0, 0.1) is 0 Å². The normalized spacial score (nSPS) is 15.9. The fourth-order valence-corrected chi connectivity index (χ4v) is 4.53. The molecular formula is C22H16BrClN4O. The number of halogens is 2. The van der Waals surface area contributed by atoms with Crippen LogP contribution in [0.2, 0.25) is 5.28 Å². The average Bonchev–Trinajstić information content (AvgIpc) is 3.21. The Morgan fingerprint density at radius 3 is 2.86 bits per heavy atom. The quantitative estimate of drug-likeness (QED) is 0.442. The number of H-pyrrole nitrogens is 1. The summed E-state index contributed by atoms with van der Waals surface area (Å²) in [5, 5.41) is 0.361. The number of nitrogens with one attached hydrogen (secondary N) is 1. The third kappa shape index (κ3) is 3.32. The van der Waals surface area contributed by atoms with Crippen molar-refractivity contribution in [2.24, 2.45) is 0 Å². The Morgan fingerprint density at radius 1 is 1.14 bits per heavy atom. The van der Waals surface area contributed by atoms with E-state index in [-0.39, 0.29) is 11.9 Å². The molecule has 2 aromatic heterocycles. The maximum atomic E-state index is 13.2. The Bertz CT molecular complexity index is 1240. The lowest BCUT2D eigenvalue weighted by Gasteiger charge is -2.26. The Balaban J connectivity index is 1.52. The molecule has 0 saturated heterocycles. The molecule has 4 aromatic rings. The minimum Gasteiger partial charge on any atom is -0.329 e. The third-order valence-electron chi connectivity index (χ3n) is 5.28. The lowest BCUT2D eigenvalue weighted by Crippen LogP contribution is -2.29. The van der Waals surface area contributed by atoms with Gasteiger partial charge in [-0.15, -0.1) is 0 Å². The number of imidazole rings is 1. The van der Waals surface area contributed by atoms with Gasteiger partial charge < -0.3 is 9.88 Å². The van der Waals surface area contributed by atoms with Crippen molar-refractivity contribution in [1.82, 2.24) is 19.9 Å². The number of carbonyl (C=O) groups is 1. The van der Waals surface area contributed by atoms with Gasteiger partial charge in [0.2, 0.25) is 5.28 Å². The van der Waals surface area contributed by atoms with Gasteiger partial charge in [0.05, 0.1) is 22.8 Å². The van der Waals surface area contributed by atoms with Crippen LogP contribution in [0.4, 0.5) is 0 Å². The van der Waals surface area contributed by atoms with Crippen molar-refractivity contribution in [2.75, 3.05) is 0 Å². The van der Waals surface area contributed by atoms with E-state index in [1.807, 2.05) is 59.5 Å². The fourth-order valence-electron chi connectivity index (χ4n) is 3.92. The van der Waals surface area contributed by atoms with Gasteiger partial charge in [0.1, 0.15) is 0 Å². The van der Waals surface area contributed by atoms with E-state index in [2.05, 4.69) is 30.9 Å². The summed E-state index contributed by atoms with van der Waals surface area (Å²) in [6.45, 7) is 0.495. The molecule has 1 aliphatic heterocycles. The van der Waals surface area contributed by atoms with Crippen LogP contribution in [0.5, 0.6) is 0 Å². The van der Waals surface area contributed by atoms with Crippen molar-refractivity contribution in [1.29, 1.82) is 0 Å². The average molecular weight is 468 g/mol. The summed E-state index contributed by atoms with van der Waals surface area (Å²) in [6.07, 6.45) is 2.42. The summed E-state index contributed by atoms with van der Waals surface area (Å²) in [4.78, 5) is 26.9. The number of aromatic nitrogens is 3. The lowest BCUT2D eigenvalue weighted by molar-refractivity contribution is 0.0708. The molecule has 7 heteroatoms. The number of benzene rings is 2. The number of carbonyl (C=O) groups excluding carboxylic acids is 1. The number of rotatable bonds is 4. The van der Waals surface area contributed by atoms with E-state index in [9.17, 15) is 4.79 Å². The summed E-state index contributed by atoms with van der Waals surface area (Å²) in [7, 11) is 0. The van der Waals surface area contributed by atoms with Gasteiger partial charge in [0, 0.05) is 29.2 Å². The van der Waals surface area contributed by atoms with Crippen LogP contribution in [0.25, 0.3) is 11.0 Å². The second-order valence-electron chi connectivity index (χ2n) is 7.05. The molecule has 0 bridgehead atoms. The Kier molecular flexibility index (Phi) is 4.60. The highest BCUT2D eigenvalue weighted by Crippen LogP contribution is 2.38. The van der Waals surface area contributed by atoms with E-state index in [0.29, 0.717) is 18.2 Å². The van der Waals surface area contributed by atoms with Crippen molar-refractivity contribution in [3.63, 3.8) is 0 Å². The van der Waals surface area contributed by atoms with Crippen LogP contribution >= 0.6 is 27.5 Å². The molecule has 1 aliphatic rings. The van der Waals surface area contributed by atoms with E-state index < -0.39 is 0 Å². The van der Waals surface area contributed by atoms with Gasteiger partial charge in [-0.25, -0.2) is 4.98 Å². The van der Waals surface area contributed by atoms with E-state index >= 15 is 0 Å². The van der Waals surface area contributed by atoms with Gasteiger partial charge in [-0.1, -0.05) is 24.3 Å². The van der Waals surface area contributed by atoms with Gasteiger partial charge in [-0.05, 0) is 69.0 Å². The molecule has 0 fully saturated rings. The molecule has 0 saturated carbocycles. The number of pyridine rings is 1. The van der Waals surface area contributed by atoms with E-state index in [1.54, 1.807) is 6.20 Å². The highest BCUT2D eigenvalue weighted by molar-refractivity contribution is 9.10. The molecule has 5 rings (SSSR count). The molecule has 1 unspecified atom stereocenters.